The summed E-state index contributed by atoms with van der Waals surface area (Å²) in [7, 11) is 0. The molecule has 1 aromatic rings. The second kappa shape index (κ2) is 7.45. The molecule has 0 aliphatic rings. The fourth-order valence-electron chi connectivity index (χ4n) is 1.83. The molecular weight excluding hydrogens is 270 g/mol. The zero-order valence-corrected chi connectivity index (χ0v) is 13.6. The average Bonchev–Trinajstić information content (AvgIpc) is 2.84. The van der Waals surface area contributed by atoms with Crippen molar-refractivity contribution in [3.63, 3.8) is 0 Å². The van der Waals surface area contributed by atoms with E-state index < -0.39 is 5.60 Å². The van der Waals surface area contributed by atoms with Crippen molar-refractivity contribution < 1.29 is 14.4 Å². The quantitative estimate of drug-likeness (QED) is 0.718. The Morgan fingerprint density at radius 3 is 2.52 bits per heavy atom. The van der Waals surface area contributed by atoms with E-state index >= 15 is 0 Å². The monoisotopic (exact) mass is 297 g/mol. The van der Waals surface area contributed by atoms with E-state index in [-0.39, 0.29) is 18.5 Å². The largest absolute Gasteiger partial charge is 0.388 e. The van der Waals surface area contributed by atoms with Crippen molar-refractivity contribution in [2.45, 2.75) is 59.6 Å². The minimum atomic E-state index is -0.919. The van der Waals surface area contributed by atoms with Gasteiger partial charge in [0.15, 0.2) is 0 Å². The van der Waals surface area contributed by atoms with E-state index in [1.807, 2.05) is 27.7 Å². The molecule has 0 saturated carbocycles. The Balaban J connectivity index is 2.52. The van der Waals surface area contributed by atoms with Crippen molar-refractivity contribution in [2.24, 2.45) is 5.92 Å². The van der Waals surface area contributed by atoms with E-state index in [4.69, 9.17) is 4.52 Å². The Bertz CT molecular complexity index is 445. The first-order chi connectivity index (χ1) is 9.81. The Morgan fingerprint density at radius 2 is 2.00 bits per heavy atom. The Kier molecular flexibility index (Phi) is 6.20. The minimum Gasteiger partial charge on any atom is -0.388 e. The van der Waals surface area contributed by atoms with Gasteiger partial charge in [-0.3, -0.25) is 0 Å². The van der Waals surface area contributed by atoms with E-state index in [0.29, 0.717) is 6.54 Å². The number of nitrogens with zero attached hydrogens (tertiary/aromatic N) is 1. The van der Waals surface area contributed by atoms with Crippen LogP contribution in [-0.2, 0) is 19.4 Å². The lowest BCUT2D eigenvalue weighted by atomic mass is 9.93. The number of aryl methyl sites for hydroxylation is 2. The highest BCUT2D eigenvalue weighted by molar-refractivity contribution is 5.73. The number of amides is 2. The first kappa shape index (κ1) is 17.5. The normalized spacial score (nSPS) is 14.0. The van der Waals surface area contributed by atoms with Crippen LogP contribution >= 0.6 is 0 Å². The third-order valence-corrected chi connectivity index (χ3v) is 3.88. The molecule has 6 heteroatoms. The van der Waals surface area contributed by atoms with Gasteiger partial charge in [-0.15, -0.1) is 0 Å². The van der Waals surface area contributed by atoms with Crippen LogP contribution in [-0.4, -0.2) is 28.4 Å². The molecule has 1 atom stereocenters. The number of urea groups is 1. The van der Waals surface area contributed by atoms with Gasteiger partial charge in [0.25, 0.3) is 0 Å². The highest BCUT2D eigenvalue weighted by Crippen LogP contribution is 2.16. The van der Waals surface area contributed by atoms with Gasteiger partial charge < -0.3 is 20.3 Å². The van der Waals surface area contributed by atoms with Gasteiger partial charge >= 0.3 is 6.03 Å². The zero-order chi connectivity index (χ0) is 16.0. The van der Waals surface area contributed by atoms with Crippen LogP contribution in [0.15, 0.2) is 4.52 Å². The first-order valence-electron chi connectivity index (χ1n) is 7.52. The van der Waals surface area contributed by atoms with Crippen LogP contribution in [0.2, 0.25) is 0 Å². The predicted molar refractivity (Wildman–Crippen MR) is 81.0 cm³/mol. The fraction of sp³-hybridized carbons (Fsp3) is 0.733. The molecule has 0 radical (unpaired) electrons. The molecule has 0 bridgehead atoms. The van der Waals surface area contributed by atoms with Gasteiger partial charge in [-0.2, -0.15) is 0 Å². The number of carbonyl (C=O) groups is 1. The van der Waals surface area contributed by atoms with Gasteiger partial charge in [0.05, 0.1) is 11.3 Å². The minimum absolute atomic E-state index is 0.0641. The molecule has 0 aromatic carbocycles. The fourth-order valence-corrected chi connectivity index (χ4v) is 1.83. The molecule has 21 heavy (non-hydrogen) atoms. The summed E-state index contributed by atoms with van der Waals surface area (Å²) in [4.78, 5) is 11.8. The van der Waals surface area contributed by atoms with Crippen LogP contribution in [0.1, 0.15) is 51.6 Å². The maximum Gasteiger partial charge on any atom is 0.315 e. The lowest BCUT2D eigenvalue weighted by Gasteiger charge is -2.27. The topological polar surface area (TPSA) is 87.4 Å². The number of rotatable bonds is 7. The summed E-state index contributed by atoms with van der Waals surface area (Å²) in [5.41, 5.74) is 0.907. The van der Waals surface area contributed by atoms with Crippen molar-refractivity contribution in [3.05, 3.63) is 17.0 Å². The summed E-state index contributed by atoms with van der Waals surface area (Å²) in [6.07, 6.45) is 1.51. The molecule has 0 fully saturated rings. The standard InChI is InChI=1S/C15H27N3O3/c1-6-12-11(13(7-2)21-18-12)8-16-14(19)17-9-15(5,20)10(3)4/h10,20H,6-9H2,1-5H3,(H2,16,17,19). The van der Waals surface area contributed by atoms with Crippen LogP contribution in [0, 0.1) is 5.92 Å². The number of aliphatic hydroxyl groups is 1. The molecule has 0 spiro atoms. The molecule has 0 aliphatic heterocycles. The molecule has 1 rings (SSSR count). The summed E-state index contributed by atoms with van der Waals surface area (Å²) in [5.74, 6) is 0.871. The van der Waals surface area contributed by atoms with E-state index in [1.165, 1.54) is 0 Å². The predicted octanol–water partition coefficient (Wildman–Crippen LogP) is 2.01. The summed E-state index contributed by atoms with van der Waals surface area (Å²) in [6.45, 7) is 10.1. The van der Waals surface area contributed by atoms with Crippen LogP contribution in [0.4, 0.5) is 4.79 Å². The van der Waals surface area contributed by atoms with Crippen LogP contribution in [0.25, 0.3) is 0 Å². The average molecular weight is 297 g/mol. The van der Waals surface area contributed by atoms with Crippen LogP contribution in [0.5, 0.6) is 0 Å². The highest BCUT2D eigenvalue weighted by atomic mass is 16.5. The van der Waals surface area contributed by atoms with Crippen molar-refractivity contribution in [1.82, 2.24) is 15.8 Å². The first-order valence-corrected chi connectivity index (χ1v) is 7.52. The van der Waals surface area contributed by atoms with Crippen LogP contribution < -0.4 is 10.6 Å². The van der Waals surface area contributed by atoms with Gasteiger partial charge in [-0.1, -0.05) is 32.9 Å². The third-order valence-electron chi connectivity index (χ3n) is 3.88. The molecule has 0 aliphatic carbocycles. The summed E-state index contributed by atoms with van der Waals surface area (Å²) in [6, 6.07) is -0.304. The molecule has 120 valence electrons. The maximum atomic E-state index is 11.8. The zero-order valence-electron chi connectivity index (χ0n) is 13.6. The number of nitrogens with one attached hydrogen (secondary N) is 2. The smallest absolute Gasteiger partial charge is 0.315 e. The lowest BCUT2D eigenvalue weighted by molar-refractivity contribution is 0.0166. The number of hydrogen-bond donors (Lipinski definition) is 3. The van der Waals surface area contributed by atoms with Crippen molar-refractivity contribution in [2.75, 3.05) is 6.54 Å². The molecule has 0 saturated heterocycles. The molecule has 6 nitrogen and oxygen atoms in total. The third kappa shape index (κ3) is 4.74. The molecule has 1 aromatic heterocycles. The number of carbonyl (C=O) groups excluding carboxylic acids is 1. The second-order valence-corrected chi connectivity index (χ2v) is 5.79. The summed E-state index contributed by atoms with van der Waals surface area (Å²) < 4.78 is 5.25. The molecular formula is C15H27N3O3. The van der Waals surface area contributed by atoms with E-state index in [9.17, 15) is 9.90 Å². The number of aromatic nitrogens is 1. The molecule has 1 heterocycles. The van der Waals surface area contributed by atoms with Gasteiger partial charge in [0.1, 0.15) is 5.76 Å². The van der Waals surface area contributed by atoms with Gasteiger partial charge in [-0.25, -0.2) is 4.79 Å². The Morgan fingerprint density at radius 1 is 1.33 bits per heavy atom. The Hall–Kier alpha value is -1.56. The van der Waals surface area contributed by atoms with Gasteiger partial charge in [0.2, 0.25) is 0 Å². The SMILES string of the molecule is CCc1noc(CC)c1CNC(=O)NCC(C)(O)C(C)C. The van der Waals surface area contributed by atoms with Gasteiger partial charge in [-0.05, 0) is 19.3 Å². The van der Waals surface area contributed by atoms with E-state index in [2.05, 4.69) is 15.8 Å². The molecule has 1 unspecified atom stereocenters. The summed E-state index contributed by atoms with van der Waals surface area (Å²) >= 11 is 0. The molecule has 3 N–H and O–H groups in total. The van der Waals surface area contributed by atoms with E-state index in [1.54, 1.807) is 6.92 Å². The Labute approximate surface area is 126 Å². The van der Waals surface area contributed by atoms with Crippen molar-refractivity contribution in [3.8, 4) is 0 Å². The summed E-state index contributed by atoms with van der Waals surface area (Å²) in [5, 5.41) is 19.6. The number of hydrogen-bond acceptors (Lipinski definition) is 4. The van der Waals surface area contributed by atoms with Crippen molar-refractivity contribution >= 4 is 6.03 Å². The maximum absolute atomic E-state index is 11.8. The molecule has 2 amide bonds. The van der Waals surface area contributed by atoms with Crippen LogP contribution in [0.3, 0.4) is 0 Å². The van der Waals surface area contributed by atoms with Crippen molar-refractivity contribution in [1.29, 1.82) is 0 Å². The van der Waals surface area contributed by atoms with E-state index in [0.717, 1.165) is 29.9 Å². The highest BCUT2D eigenvalue weighted by Gasteiger charge is 2.25. The lowest BCUT2D eigenvalue weighted by Crippen LogP contribution is -2.47. The second-order valence-electron chi connectivity index (χ2n) is 5.79. The van der Waals surface area contributed by atoms with Gasteiger partial charge in [0, 0.05) is 25.1 Å².